The molecule has 2 N–H and O–H groups in total. The molecule has 7 heteroatoms. The Balaban J connectivity index is 1.89. The standard InChI is InChI=1S/C28H28F4N2O/c1-19-11-13-21(14-12-19)27(18-20-7-3-2-4-8-20,34-26(35)33-25-9-5-6-10-25)22-15-23(28(30,31)32)17-24(29)16-22/h2-4,7-8,11-17,25H,5-6,9-10,18H2,1H3,(H2,33,34,35). The quantitative estimate of drug-likeness (QED) is 0.368. The average molecular weight is 485 g/mol. The fraction of sp³-hybridized carbons (Fsp3) is 0.321. The van der Waals surface area contributed by atoms with Crippen molar-refractivity contribution in [2.75, 3.05) is 0 Å². The van der Waals surface area contributed by atoms with Crippen molar-refractivity contribution in [3.8, 4) is 0 Å². The molecule has 0 aliphatic heterocycles. The minimum Gasteiger partial charge on any atom is -0.335 e. The van der Waals surface area contributed by atoms with Gasteiger partial charge < -0.3 is 10.6 Å². The second-order valence-corrected chi connectivity index (χ2v) is 9.24. The molecule has 35 heavy (non-hydrogen) atoms. The normalized spacial score (nSPS) is 16.0. The van der Waals surface area contributed by atoms with E-state index < -0.39 is 29.1 Å². The van der Waals surface area contributed by atoms with Crippen molar-refractivity contribution in [2.45, 2.75) is 56.8 Å². The Morgan fingerprint density at radius 2 is 1.51 bits per heavy atom. The number of benzene rings is 3. The fourth-order valence-corrected chi connectivity index (χ4v) is 4.78. The molecule has 0 aromatic heterocycles. The van der Waals surface area contributed by atoms with E-state index in [1.54, 1.807) is 12.1 Å². The van der Waals surface area contributed by atoms with Gasteiger partial charge in [-0.25, -0.2) is 9.18 Å². The van der Waals surface area contributed by atoms with Crippen LogP contribution in [-0.4, -0.2) is 12.1 Å². The lowest BCUT2D eigenvalue weighted by Gasteiger charge is -2.37. The van der Waals surface area contributed by atoms with Crippen molar-refractivity contribution in [1.29, 1.82) is 0 Å². The summed E-state index contributed by atoms with van der Waals surface area (Å²) in [5, 5.41) is 5.94. The summed E-state index contributed by atoms with van der Waals surface area (Å²) in [4.78, 5) is 13.2. The molecule has 1 aliphatic carbocycles. The first-order chi connectivity index (χ1) is 16.7. The topological polar surface area (TPSA) is 41.1 Å². The van der Waals surface area contributed by atoms with E-state index in [2.05, 4.69) is 10.6 Å². The number of hydrogen-bond acceptors (Lipinski definition) is 1. The van der Waals surface area contributed by atoms with Gasteiger partial charge in [-0.3, -0.25) is 0 Å². The lowest BCUT2D eigenvalue weighted by Crippen LogP contribution is -2.53. The molecule has 0 heterocycles. The van der Waals surface area contributed by atoms with E-state index in [1.807, 2.05) is 49.4 Å². The van der Waals surface area contributed by atoms with E-state index in [1.165, 1.54) is 0 Å². The zero-order valence-corrected chi connectivity index (χ0v) is 19.5. The maximum Gasteiger partial charge on any atom is 0.416 e. The van der Waals surface area contributed by atoms with Crippen LogP contribution in [0.5, 0.6) is 0 Å². The Bertz CT molecular complexity index is 1160. The highest BCUT2D eigenvalue weighted by Gasteiger charge is 2.40. The Kier molecular flexibility index (Phi) is 7.15. The van der Waals surface area contributed by atoms with Crippen LogP contribution in [0.1, 0.15) is 53.5 Å². The Hall–Kier alpha value is -3.35. The third kappa shape index (κ3) is 5.84. The van der Waals surface area contributed by atoms with Crippen LogP contribution < -0.4 is 10.6 Å². The van der Waals surface area contributed by atoms with Gasteiger partial charge in [0, 0.05) is 12.5 Å². The number of hydrogen-bond donors (Lipinski definition) is 2. The molecule has 0 radical (unpaired) electrons. The highest BCUT2D eigenvalue weighted by atomic mass is 19.4. The number of amides is 2. The maximum atomic E-state index is 14.6. The molecular weight excluding hydrogens is 456 g/mol. The molecule has 1 saturated carbocycles. The van der Waals surface area contributed by atoms with Gasteiger partial charge in [0.15, 0.2) is 0 Å². The molecule has 1 aliphatic rings. The number of carbonyl (C=O) groups is 1. The van der Waals surface area contributed by atoms with Crippen LogP contribution in [0.3, 0.4) is 0 Å². The first kappa shape index (κ1) is 24.8. The maximum absolute atomic E-state index is 14.6. The smallest absolute Gasteiger partial charge is 0.335 e. The number of aryl methyl sites for hydroxylation is 1. The van der Waals surface area contributed by atoms with Crippen LogP contribution in [0, 0.1) is 12.7 Å². The summed E-state index contributed by atoms with van der Waals surface area (Å²) < 4.78 is 55.7. The third-order valence-electron chi connectivity index (χ3n) is 6.59. The van der Waals surface area contributed by atoms with Crippen LogP contribution >= 0.6 is 0 Å². The van der Waals surface area contributed by atoms with E-state index in [4.69, 9.17) is 0 Å². The molecule has 184 valence electrons. The largest absolute Gasteiger partial charge is 0.416 e. The number of nitrogens with one attached hydrogen (secondary N) is 2. The van der Waals surface area contributed by atoms with Crippen LogP contribution in [-0.2, 0) is 18.1 Å². The Morgan fingerprint density at radius 1 is 0.886 bits per heavy atom. The van der Waals surface area contributed by atoms with Crippen molar-refractivity contribution in [3.63, 3.8) is 0 Å². The molecule has 3 aromatic carbocycles. The van der Waals surface area contributed by atoms with Crippen LogP contribution in [0.15, 0.2) is 72.8 Å². The van der Waals surface area contributed by atoms with Gasteiger partial charge in [-0.15, -0.1) is 0 Å². The molecule has 4 rings (SSSR count). The minimum absolute atomic E-state index is 0.000638. The minimum atomic E-state index is -4.74. The van der Waals surface area contributed by atoms with E-state index in [0.717, 1.165) is 48.9 Å². The summed E-state index contributed by atoms with van der Waals surface area (Å²) in [5.74, 6) is -1.02. The summed E-state index contributed by atoms with van der Waals surface area (Å²) in [6.07, 6.45) is -0.887. The molecule has 1 atom stereocenters. The van der Waals surface area contributed by atoms with Crippen LogP contribution in [0.2, 0.25) is 0 Å². The van der Waals surface area contributed by atoms with Gasteiger partial charge in [0.2, 0.25) is 0 Å². The molecule has 1 unspecified atom stereocenters. The van der Waals surface area contributed by atoms with Gasteiger partial charge in [-0.1, -0.05) is 73.0 Å². The zero-order chi connectivity index (χ0) is 25.1. The lowest BCUT2D eigenvalue weighted by molar-refractivity contribution is -0.137. The molecule has 3 nitrogen and oxygen atoms in total. The molecular formula is C28H28F4N2O. The molecule has 0 spiro atoms. The highest BCUT2D eigenvalue weighted by Crippen LogP contribution is 2.38. The fourth-order valence-electron chi connectivity index (χ4n) is 4.78. The van der Waals surface area contributed by atoms with Crippen molar-refractivity contribution in [1.82, 2.24) is 10.6 Å². The second kappa shape index (κ2) is 10.1. The summed E-state index contributed by atoms with van der Waals surface area (Å²) in [6.45, 7) is 1.90. The number of carbonyl (C=O) groups excluding carboxylic acids is 1. The number of urea groups is 1. The molecule has 2 amide bonds. The zero-order valence-electron chi connectivity index (χ0n) is 19.5. The van der Waals surface area contributed by atoms with Crippen molar-refractivity contribution >= 4 is 6.03 Å². The third-order valence-corrected chi connectivity index (χ3v) is 6.59. The first-order valence-electron chi connectivity index (χ1n) is 11.7. The van der Waals surface area contributed by atoms with Crippen LogP contribution in [0.25, 0.3) is 0 Å². The number of alkyl halides is 3. The highest BCUT2D eigenvalue weighted by molar-refractivity contribution is 5.76. The average Bonchev–Trinajstić information content (AvgIpc) is 3.31. The molecule has 3 aromatic rings. The van der Waals surface area contributed by atoms with E-state index in [9.17, 15) is 22.4 Å². The predicted octanol–water partition coefficient (Wildman–Crippen LogP) is 6.88. The van der Waals surface area contributed by atoms with Gasteiger partial charge in [0.1, 0.15) is 5.82 Å². The summed E-state index contributed by atoms with van der Waals surface area (Å²) >= 11 is 0. The number of rotatable bonds is 6. The molecule has 0 bridgehead atoms. The van der Waals surface area contributed by atoms with E-state index >= 15 is 0 Å². The second-order valence-electron chi connectivity index (χ2n) is 9.24. The summed E-state index contributed by atoms with van der Waals surface area (Å²) in [5.41, 5.74) is -0.221. The van der Waals surface area contributed by atoms with E-state index in [0.29, 0.717) is 11.6 Å². The van der Waals surface area contributed by atoms with E-state index in [-0.39, 0.29) is 18.0 Å². The predicted molar refractivity (Wildman–Crippen MR) is 127 cm³/mol. The first-order valence-corrected chi connectivity index (χ1v) is 11.7. The molecule has 0 saturated heterocycles. The van der Waals surface area contributed by atoms with Gasteiger partial charge in [-0.05, 0) is 54.7 Å². The van der Waals surface area contributed by atoms with Gasteiger partial charge >= 0.3 is 12.2 Å². The SMILES string of the molecule is Cc1ccc(C(Cc2ccccc2)(NC(=O)NC2CCCC2)c2cc(F)cc(C(F)(F)F)c2)cc1. The number of halogens is 4. The van der Waals surface area contributed by atoms with Gasteiger partial charge in [0.25, 0.3) is 0 Å². The summed E-state index contributed by atoms with van der Waals surface area (Å²) in [7, 11) is 0. The van der Waals surface area contributed by atoms with Crippen molar-refractivity contribution in [3.05, 3.63) is 106 Å². The van der Waals surface area contributed by atoms with Gasteiger partial charge in [-0.2, -0.15) is 13.2 Å². The Labute approximate surface area is 202 Å². The Morgan fingerprint density at radius 3 is 2.14 bits per heavy atom. The summed E-state index contributed by atoms with van der Waals surface area (Å²) in [6, 6.07) is 18.3. The van der Waals surface area contributed by atoms with Crippen LogP contribution in [0.4, 0.5) is 22.4 Å². The monoisotopic (exact) mass is 484 g/mol. The lowest BCUT2D eigenvalue weighted by atomic mass is 9.77. The van der Waals surface area contributed by atoms with Gasteiger partial charge in [0.05, 0.1) is 11.1 Å². The van der Waals surface area contributed by atoms with Crippen molar-refractivity contribution in [2.24, 2.45) is 0 Å². The molecule has 1 fully saturated rings. The van der Waals surface area contributed by atoms with Crippen molar-refractivity contribution < 1.29 is 22.4 Å².